The van der Waals surface area contributed by atoms with Crippen LogP contribution in [0.4, 0.5) is 10.1 Å². The van der Waals surface area contributed by atoms with Crippen molar-refractivity contribution >= 4 is 17.5 Å². The van der Waals surface area contributed by atoms with Crippen LogP contribution in [0.1, 0.15) is 44.2 Å². The molecule has 0 aliphatic carbocycles. The molecule has 0 saturated heterocycles. The van der Waals surface area contributed by atoms with Crippen molar-refractivity contribution < 1.29 is 14.0 Å². The van der Waals surface area contributed by atoms with Gasteiger partial charge in [-0.05, 0) is 50.5 Å². The third kappa shape index (κ3) is 4.22. The lowest BCUT2D eigenvalue weighted by atomic mass is 9.86. The molecule has 0 saturated carbocycles. The molecule has 0 bridgehead atoms. The number of hydrogen-bond acceptors (Lipinski definition) is 3. The predicted molar refractivity (Wildman–Crippen MR) is 108 cm³/mol. The molecule has 5 nitrogen and oxygen atoms in total. The topological polar surface area (TPSA) is 75.4 Å². The van der Waals surface area contributed by atoms with Crippen LogP contribution < -0.4 is 16.0 Å². The summed E-state index contributed by atoms with van der Waals surface area (Å²) in [7, 11) is 0. The molecule has 2 amide bonds. The molecule has 148 valence electrons. The van der Waals surface area contributed by atoms with Crippen molar-refractivity contribution in [2.75, 3.05) is 11.4 Å². The normalized spacial score (nSPS) is 19.8. The van der Waals surface area contributed by atoms with E-state index in [1.165, 1.54) is 11.0 Å². The highest BCUT2D eigenvalue weighted by atomic mass is 19.1. The average molecular weight is 383 g/mol. The van der Waals surface area contributed by atoms with Crippen LogP contribution >= 0.6 is 0 Å². The van der Waals surface area contributed by atoms with E-state index in [0.717, 1.165) is 5.56 Å². The number of hydrogen-bond donors (Lipinski definition) is 2. The zero-order chi connectivity index (χ0) is 20.5. The zero-order valence-corrected chi connectivity index (χ0v) is 16.4. The molecule has 0 aromatic heterocycles. The van der Waals surface area contributed by atoms with Gasteiger partial charge in [-0.3, -0.25) is 9.59 Å². The second kappa shape index (κ2) is 7.72. The van der Waals surface area contributed by atoms with Crippen LogP contribution in [0.5, 0.6) is 0 Å². The van der Waals surface area contributed by atoms with Crippen LogP contribution in [0.25, 0.3) is 0 Å². The number of nitrogens with two attached hydrogens (primary N) is 1. The Balaban J connectivity index is 2.04. The number of rotatable bonds is 3. The van der Waals surface area contributed by atoms with E-state index in [9.17, 15) is 14.0 Å². The summed E-state index contributed by atoms with van der Waals surface area (Å²) in [6, 6.07) is 13.0. The highest BCUT2D eigenvalue weighted by Gasteiger charge is 2.35. The van der Waals surface area contributed by atoms with Crippen molar-refractivity contribution in [2.24, 2.45) is 5.73 Å². The van der Waals surface area contributed by atoms with Crippen LogP contribution in [0.2, 0.25) is 0 Å². The molecular formula is C22H26FN3O2. The Morgan fingerprint density at radius 2 is 1.75 bits per heavy atom. The number of anilines is 1. The van der Waals surface area contributed by atoms with Crippen LogP contribution in [-0.2, 0) is 9.59 Å². The molecule has 3 rings (SSSR count). The van der Waals surface area contributed by atoms with Gasteiger partial charge in [0.1, 0.15) is 12.4 Å². The molecule has 0 radical (unpaired) electrons. The lowest BCUT2D eigenvalue weighted by molar-refractivity contribution is -0.125. The summed E-state index contributed by atoms with van der Waals surface area (Å²) in [4.78, 5) is 26.9. The maximum absolute atomic E-state index is 14.5. The summed E-state index contributed by atoms with van der Waals surface area (Å²) in [5, 5.41) is 2.87. The van der Waals surface area contributed by atoms with E-state index in [1.54, 1.807) is 30.3 Å². The minimum atomic E-state index is -0.834. The van der Waals surface area contributed by atoms with Gasteiger partial charge in [0, 0.05) is 17.1 Å². The largest absolute Gasteiger partial charge is 0.350 e. The first-order valence-corrected chi connectivity index (χ1v) is 9.38. The second-order valence-corrected chi connectivity index (χ2v) is 8.20. The van der Waals surface area contributed by atoms with E-state index >= 15 is 0 Å². The first kappa shape index (κ1) is 20.0. The van der Waals surface area contributed by atoms with Crippen LogP contribution in [0.3, 0.4) is 0 Å². The third-order valence-corrected chi connectivity index (χ3v) is 4.77. The quantitative estimate of drug-likeness (QED) is 0.856. The Morgan fingerprint density at radius 3 is 2.39 bits per heavy atom. The van der Waals surface area contributed by atoms with Crippen LogP contribution in [-0.4, -0.2) is 29.9 Å². The number of nitrogens with one attached hydrogen (secondary N) is 1. The SMILES string of the molecule is CC(C)(C)NC(=O)CN1C(=O)C(N)CC(c2ccccc2F)c2ccccc21. The van der Waals surface area contributed by atoms with E-state index in [0.29, 0.717) is 11.3 Å². The van der Waals surface area contributed by atoms with Crippen molar-refractivity contribution in [1.82, 2.24) is 5.32 Å². The Morgan fingerprint density at radius 1 is 1.14 bits per heavy atom. The van der Waals surface area contributed by atoms with Crippen molar-refractivity contribution in [2.45, 2.75) is 44.7 Å². The number of carbonyl (C=O) groups excluding carboxylic acids is 2. The van der Waals surface area contributed by atoms with Gasteiger partial charge in [0.2, 0.25) is 11.8 Å². The van der Waals surface area contributed by atoms with Crippen molar-refractivity contribution in [3.05, 3.63) is 65.5 Å². The maximum Gasteiger partial charge on any atom is 0.244 e. The lowest BCUT2D eigenvalue weighted by Crippen LogP contribution is -2.50. The molecule has 0 spiro atoms. The summed E-state index contributed by atoms with van der Waals surface area (Å²) in [5.41, 5.74) is 7.65. The summed E-state index contributed by atoms with van der Waals surface area (Å²) >= 11 is 0. The second-order valence-electron chi connectivity index (χ2n) is 8.20. The van der Waals surface area contributed by atoms with Gasteiger partial charge >= 0.3 is 0 Å². The fourth-order valence-corrected chi connectivity index (χ4v) is 3.65. The minimum absolute atomic E-state index is 0.134. The lowest BCUT2D eigenvalue weighted by Gasteiger charge is -2.27. The smallest absolute Gasteiger partial charge is 0.244 e. The Hall–Kier alpha value is -2.73. The predicted octanol–water partition coefficient (Wildman–Crippen LogP) is 2.94. The van der Waals surface area contributed by atoms with Crippen LogP contribution in [0.15, 0.2) is 48.5 Å². The molecule has 2 aromatic carbocycles. The Labute approximate surface area is 164 Å². The molecule has 0 fully saturated rings. The number of fused-ring (bicyclic) bond motifs is 1. The van der Waals surface area contributed by atoms with Gasteiger partial charge in [-0.15, -0.1) is 0 Å². The average Bonchev–Trinajstić information content (AvgIpc) is 2.71. The highest BCUT2D eigenvalue weighted by molar-refractivity contribution is 6.03. The molecule has 1 heterocycles. The third-order valence-electron chi connectivity index (χ3n) is 4.77. The fourth-order valence-electron chi connectivity index (χ4n) is 3.65. The van der Waals surface area contributed by atoms with Gasteiger partial charge in [0.25, 0.3) is 0 Å². The molecule has 2 atom stereocenters. The van der Waals surface area contributed by atoms with Gasteiger partial charge < -0.3 is 16.0 Å². The first-order valence-electron chi connectivity index (χ1n) is 9.38. The molecule has 6 heteroatoms. The number of benzene rings is 2. The number of para-hydroxylation sites is 1. The molecule has 2 unspecified atom stereocenters. The number of nitrogens with zero attached hydrogens (tertiary/aromatic N) is 1. The van der Waals surface area contributed by atoms with E-state index < -0.39 is 11.6 Å². The fraction of sp³-hybridized carbons (Fsp3) is 0.364. The first-order chi connectivity index (χ1) is 13.2. The van der Waals surface area contributed by atoms with Crippen LogP contribution in [0, 0.1) is 5.82 Å². The van der Waals surface area contributed by atoms with Gasteiger partial charge in [0.15, 0.2) is 0 Å². The van der Waals surface area contributed by atoms with E-state index in [1.807, 2.05) is 32.9 Å². The van der Waals surface area contributed by atoms with Crippen molar-refractivity contribution in [3.8, 4) is 0 Å². The summed E-state index contributed by atoms with van der Waals surface area (Å²) in [6.07, 6.45) is 0.272. The standard InChI is InChI=1S/C22H26FN3O2/c1-22(2,3)25-20(27)13-26-19-11-7-5-9-15(19)16(12-18(24)21(26)28)14-8-4-6-10-17(14)23/h4-11,16,18H,12-13,24H2,1-3H3,(H,25,27). The van der Waals surface area contributed by atoms with Crippen molar-refractivity contribution in [3.63, 3.8) is 0 Å². The molecule has 2 aromatic rings. The van der Waals surface area contributed by atoms with Crippen molar-refractivity contribution in [1.29, 1.82) is 0 Å². The molecule has 1 aliphatic heterocycles. The number of carbonyl (C=O) groups is 2. The van der Waals surface area contributed by atoms with E-state index in [4.69, 9.17) is 5.73 Å². The summed E-state index contributed by atoms with van der Waals surface area (Å²) in [5.74, 6) is -1.31. The van der Waals surface area contributed by atoms with E-state index in [-0.39, 0.29) is 36.5 Å². The van der Waals surface area contributed by atoms with Gasteiger partial charge in [-0.2, -0.15) is 0 Å². The highest BCUT2D eigenvalue weighted by Crippen LogP contribution is 2.39. The minimum Gasteiger partial charge on any atom is -0.350 e. The summed E-state index contributed by atoms with van der Waals surface area (Å²) in [6.45, 7) is 5.50. The Bertz CT molecular complexity index is 891. The molecular weight excluding hydrogens is 357 g/mol. The van der Waals surface area contributed by atoms with Gasteiger partial charge in [0.05, 0.1) is 6.04 Å². The number of amides is 2. The molecule has 28 heavy (non-hydrogen) atoms. The van der Waals surface area contributed by atoms with Gasteiger partial charge in [-0.1, -0.05) is 36.4 Å². The van der Waals surface area contributed by atoms with E-state index in [2.05, 4.69) is 5.32 Å². The number of halogens is 1. The molecule has 1 aliphatic rings. The maximum atomic E-state index is 14.5. The summed E-state index contributed by atoms with van der Waals surface area (Å²) < 4.78 is 14.5. The van der Waals surface area contributed by atoms with Gasteiger partial charge in [-0.25, -0.2) is 4.39 Å². The Kier molecular flexibility index (Phi) is 5.52. The molecule has 3 N–H and O–H groups in total. The monoisotopic (exact) mass is 383 g/mol. The zero-order valence-electron chi connectivity index (χ0n) is 16.4.